The van der Waals surface area contributed by atoms with Gasteiger partial charge in [0.05, 0.1) is 12.2 Å². The Kier molecular flexibility index (Phi) is 5.79. The van der Waals surface area contributed by atoms with Gasteiger partial charge in [0.25, 0.3) is 0 Å². The van der Waals surface area contributed by atoms with Gasteiger partial charge < -0.3 is 15.4 Å². The molecule has 0 radical (unpaired) electrons. The summed E-state index contributed by atoms with van der Waals surface area (Å²) in [7, 11) is 1.70. The Bertz CT molecular complexity index is 438. The molecule has 0 saturated carbocycles. The van der Waals surface area contributed by atoms with E-state index >= 15 is 0 Å². The van der Waals surface area contributed by atoms with E-state index in [4.69, 9.17) is 10.5 Å². The van der Waals surface area contributed by atoms with Crippen molar-refractivity contribution in [3.63, 3.8) is 0 Å². The Hall–Kier alpha value is -1.14. The van der Waals surface area contributed by atoms with E-state index in [0.29, 0.717) is 12.5 Å². The minimum absolute atomic E-state index is 0.0423. The van der Waals surface area contributed by atoms with Crippen molar-refractivity contribution < 1.29 is 4.74 Å². The molecule has 0 bridgehead atoms. The molecule has 0 amide bonds. The molecule has 2 N–H and O–H groups in total. The fourth-order valence-electron chi connectivity index (χ4n) is 2.24. The molecule has 1 aliphatic rings. The van der Waals surface area contributed by atoms with E-state index in [-0.39, 0.29) is 6.10 Å². The Balaban J connectivity index is 1.92. The Morgan fingerprint density at radius 2 is 2.15 bits per heavy atom. The Morgan fingerprint density at radius 3 is 2.80 bits per heavy atom. The van der Waals surface area contributed by atoms with Crippen LogP contribution in [0.25, 0.3) is 0 Å². The second-order valence-corrected chi connectivity index (χ2v) is 6.02. The molecular weight excluding hydrogens is 272 g/mol. The van der Waals surface area contributed by atoms with Crippen molar-refractivity contribution in [1.29, 1.82) is 0 Å². The molecule has 6 heteroatoms. The molecule has 1 atom stereocenters. The maximum Gasteiger partial charge on any atom is 0.191 e. The second-order valence-electron chi connectivity index (χ2n) is 5.13. The smallest absolute Gasteiger partial charge is 0.191 e. The quantitative estimate of drug-likeness (QED) is 0.685. The zero-order chi connectivity index (χ0) is 14.4. The van der Waals surface area contributed by atoms with Crippen molar-refractivity contribution in [2.45, 2.75) is 45.3 Å². The number of nitrogens with zero attached hydrogens (tertiary/aromatic N) is 3. The molecular formula is C14H24N4OS. The van der Waals surface area contributed by atoms with Gasteiger partial charge in [-0.1, -0.05) is 12.8 Å². The van der Waals surface area contributed by atoms with Crippen LogP contribution >= 0.6 is 11.3 Å². The van der Waals surface area contributed by atoms with Crippen molar-refractivity contribution in [3.05, 3.63) is 16.1 Å². The highest BCUT2D eigenvalue weighted by molar-refractivity contribution is 7.09. The third kappa shape index (κ3) is 4.18. The van der Waals surface area contributed by atoms with Crippen molar-refractivity contribution in [2.24, 2.45) is 10.7 Å². The molecule has 0 aromatic carbocycles. The Morgan fingerprint density at radius 1 is 1.45 bits per heavy atom. The average molecular weight is 296 g/mol. The molecule has 1 saturated heterocycles. The number of nitrogens with two attached hydrogens (primary N) is 1. The molecule has 2 heterocycles. The van der Waals surface area contributed by atoms with E-state index in [1.807, 2.05) is 12.3 Å². The lowest BCUT2D eigenvalue weighted by Crippen LogP contribution is -2.38. The SMILES string of the molecule is CO[C@@H](C)c1nc(CN=C(N)N2CCCCCC2)cs1. The van der Waals surface area contributed by atoms with Gasteiger partial charge in [-0.15, -0.1) is 11.3 Å². The highest BCUT2D eigenvalue weighted by atomic mass is 32.1. The van der Waals surface area contributed by atoms with E-state index in [2.05, 4.69) is 14.9 Å². The van der Waals surface area contributed by atoms with E-state index < -0.39 is 0 Å². The number of rotatable bonds is 4. The zero-order valence-electron chi connectivity index (χ0n) is 12.3. The predicted octanol–water partition coefficient (Wildman–Crippen LogP) is 2.54. The van der Waals surface area contributed by atoms with Crippen molar-refractivity contribution in [1.82, 2.24) is 9.88 Å². The summed E-state index contributed by atoms with van der Waals surface area (Å²) in [6.45, 7) is 4.60. The van der Waals surface area contributed by atoms with Crippen molar-refractivity contribution in [3.8, 4) is 0 Å². The normalized spacial score (nSPS) is 18.9. The van der Waals surface area contributed by atoms with E-state index in [1.165, 1.54) is 25.7 Å². The van der Waals surface area contributed by atoms with Crippen molar-refractivity contribution in [2.75, 3.05) is 20.2 Å². The average Bonchev–Trinajstić information content (AvgIpc) is 2.77. The maximum absolute atomic E-state index is 6.09. The largest absolute Gasteiger partial charge is 0.375 e. The lowest BCUT2D eigenvalue weighted by molar-refractivity contribution is 0.119. The number of aliphatic imine (C=N–C) groups is 1. The van der Waals surface area contributed by atoms with Gasteiger partial charge in [-0.25, -0.2) is 9.98 Å². The van der Waals surface area contributed by atoms with Gasteiger partial charge in [0, 0.05) is 25.6 Å². The minimum atomic E-state index is 0.0423. The van der Waals surface area contributed by atoms with E-state index in [9.17, 15) is 0 Å². The summed E-state index contributed by atoms with van der Waals surface area (Å²) in [4.78, 5) is 11.2. The van der Waals surface area contributed by atoms with Gasteiger partial charge in [0.15, 0.2) is 5.96 Å². The van der Waals surface area contributed by atoms with E-state index in [1.54, 1.807) is 18.4 Å². The first kappa shape index (κ1) is 15.3. The van der Waals surface area contributed by atoms with Gasteiger partial charge in [-0.05, 0) is 19.8 Å². The van der Waals surface area contributed by atoms with Crippen molar-refractivity contribution >= 4 is 17.3 Å². The molecule has 112 valence electrons. The predicted molar refractivity (Wildman–Crippen MR) is 82.9 cm³/mol. The van der Waals surface area contributed by atoms with Crippen LogP contribution in [0.1, 0.15) is 49.4 Å². The summed E-state index contributed by atoms with van der Waals surface area (Å²) in [5, 5.41) is 3.02. The molecule has 1 aromatic heterocycles. The number of hydrogen-bond donors (Lipinski definition) is 1. The van der Waals surface area contributed by atoms with Crippen LogP contribution in [0.3, 0.4) is 0 Å². The molecule has 20 heavy (non-hydrogen) atoms. The maximum atomic E-state index is 6.09. The van der Waals surface area contributed by atoms with Crippen LogP contribution in [0.4, 0.5) is 0 Å². The monoisotopic (exact) mass is 296 g/mol. The standard InChI is InChI=1S/C14H24N4OS/c1-11(19-2)13-17-12(10-20-13)9-16-14(15)18-7-5-3-4-6-8-18/h10-11H,3-9H2,1-2H3,(H2,15,16)/t11-/m0/s1. The van der Waals surface area contributed by atoms with Gasteiger partial charge in [-0.3, -0.25) is 0 Å². The van der Waals surface area contributed by atoms with Crippen LogP contribution in [-0.2, 0) is 11.3 Å². The molecule has 5 nitrogen and oxygen atoms in total. The first-order chi connectivity index (χ1) is 9.70. The summed E-state index contributed by atoms with van der Waals surface area (Å²) >= 11 is 1.61. The second kappa shape index (κ2) is 7.59. The first-order valence-corrected chi connectivity index (χ1v) is 8.10. The number of methoxy groups -OCH3 is 1. The van der Waals surface area contributed by atoms with Crippen LogP contribution in [0.5, 0.6) is 0 Å². The van der Waals surface area contributed by atoms with Gasteiger partial charge in [0.2, 0.25) is 0 Å². The molecule has 0 aliphatic carbocycles. The molecule has 0 unspecified atom stereocenters. The minimum Gasteiger partial charge on any atom is -0.375 e. The third-order valence-electron chi connectivity index (χ3n) is 3.60. The highest BCUT2D eigenvalue weighted by Crippen LogP contribution is 2.20. The number of ether oxygens (including phenoxy) is 1. The third-order valence-corrected chi connectivity index (χ3v) is 4.66. The van der Waals surface area contributed by atoms with Crippen LogP contribution in [0, 0.1) is 0 Å². The fourth-order valence-corrected chi connectivity index (χ4v) is 3.09. The lowest BCUT2D eigenvalue weighted by Gasteiger charge is -2.20. The van der Waals surface area contributed by atoms with Crippen LogP contribution in [0.2, 0.25) is 0 Å². The lowest BCUT2D eigenvalue weighted by atomic mass is 10.2. The number of aromatic nitrogens is 1. The summed E-state index contributed by atoms with van der Waals surface area (Å²) in [6, 6.07) is 0. The Labute approximate surface area is 124 Å². The van der Waals surface area contributed by atoms with Crippen LogP contribution in [-0.4, -0.2) is 36.0 Å². The summed E-state index contributed by atoms with van der Waals surface area (Å²) in [5.41, 5.74) is 7.05. The number of guanidine groups is 1. The van der Waals surface area contributed by atoms with Gasteiger partial charge in [-0.2, -0.15) is 0 Å². The summed E-state index contributed by atoms with van der Waals surface area (Å²) in [6.07, 6.45) is 5.06. The molecule has 1 aliphatic heterocycles. The van der Waals surface area contributed by atoms with Gasteiger partial charge >= 0.3 is 0 Å². The number of thiazole rings is 1. The first-order valence-electron chi connectivity index (χ1n) is 7.22. The topological polar surface area (TPSA) is 63.7 Å². The summed E-state index contributed by atoms with van der Waals surface area (Å²) in [5.74, 6) is 0.654. The molecule has 1 fully saturated rings. The fraction of sp³-hybridized carbons (Fsp3) is 0.714. The zero-order valence-corrected chi connectivity index (χ0v) is 13.2. The van der Waals surface area contributed by atoms with E-state index in [0.717, 1.165) is 23.8 Å². The molecule has 0 spiro atoms. The molecule has 2 rings (SSSR count). The number of hydrogen-bond acceptors (Lipinski definition) is 4. The highest BCUT2D eigenvalue weighted by Gasteiger charge is 2.12. The van der Waals surface area contributed by atoms with Crippen LogP contribution < -0.4 is 5.73 Å². The molecule has 1 aromatic rings. The number of likely N-dealkylation sites (tertiary alicyclic amines) is 1. The summed E-state index contributed by atoms with van der Waals surface area (Å²) < 4.78 is 5.26. The van der Waals surface area contributed by atoms with Crippen LogP contribution in [0.15, 0.2) is 10.4 Å². The van der Waals surface area contributed by atoms with Gasteiger partial charge in [0.1, 0.15) is 11.1 Å².